The Balaban J connectivity index is 2.09. The first-order chi connectivity index (χ1) is 9.08. The Kier molecular flexibility index (Phi) is 6.70. The summed E-state index contributed by atoms with van der Waals surface area (Å²) in [5.41, 5.74) is 6.07. The molecule has 0 fully saturated rings. The van der Waals surface area contributed by atoms with Crippen LogP contribution in [0.5, 0.6) is 5.75 Å². The van der Waals surface area contributed by atoms with Crippen molar-refractivity contribution in [2.24, 2.45) is 5.73 Å². The summed E-state index contributed by atoms with van der Waals surface area (Å²) in [6, 6.07) is 7.09. The van der Waals surface area contributed by atoms with Crippen molar-refractivity contribution < 1.29 is 14.6 Å². The highest BCUT2D eigenvalue weighted by atomic mass is 16.5. The van der Waals surface area contributed by atoms with Crippen molar-refractivity contribution in [2.75, 3.05) is 26.2 Å². The zero-order chi connectivity index (χ0) is 14.1. The Morgan fingerprint density at radius 2 is 2.05 bits per heavy atom. The Hall–Kier alpha value is -1.79. The van der Waals surface area contributed by atoms with Crippen LogP contribution in [0, 0.1) is 6.92 Å². The molecule has 0 heterocycles. The van der Waals surface area contributed by atoms with Gasteiger partial charge < -0.3 is 26.2 Å². The minimum Gasteiger partial charge on any atom is -0.491 e. The minimum absolute atomic E-state index is 0.222. The molecule has 0 saturated heterocycles. The first kappa shape index (κ1) is 15.3. The number of hydrogen-bond acceptors (Lipinski definition) is 4. The lowest BCUT2D eigenvalue weighted by Gasteiger charge is -2.13. The molecule has 0 aromatic heterocycles. The van der Waals surface area contributed by atoms with E-state index in [1.165, 1.54) is 0 Å². The van der Waals surface area contributed by atoms with Gasteiger partial charge in [-0.1, -0.05) is 17.7 Å². The number of rotatable bonds is 8. The van der Waals surface area contributed by atoms with E-state index in [9.17, 15) is 9.90 Å². The largest absolute Gasteiger partial charge is 0.491 e. The third kappa shape index (κ3) is 7.28. The number of ether oxygens (including phenoxy) is 1. The molecule has 6 heteroatoms. The van der Waals surface area contributed by atoms with Crippen LogP contribution >= 0.6 is 0 Å². The van der Waals surface area contributed by atoms with Gasteiger partial charge in [0.25, 0.3) is 0 Å². The van der Waals surface area contributed by atoms with Crippen LogP contribution in [0.15, 0.2) is 24.3 Å². The molecule has 1 unspecified atom stereocenters. The van der Waals surface area contributed by atoms with Gasteiger partial charge in [0, 0.05) is 19.6 Å². The maximum Gasteiger partial charge on any atom is 0.312 e. The summed E-state index contributed by atoms with van der Waals surface area (Å²) in [6.45, 7) is 3.60. The van der Waals surface area contributed by atoms with Crippen LogP contribution in [0.2, 0.25) is 0 Å². The summed E-state index contributed by atoms with van der Waals surface area (Å²) in [7, 11) is 0. The molecule has 0 saturated carbocycles. The molecular formula is C13H21N3O3. The molecule has 5 N–H and O–H groups in total. The number of aryl methyl sites for hydroxylation is 1. The van der Waals surface area contributed by atoms with Crippen LogP contribution < -0.4 is 21.1 Å². The highest BCUT2D eigenvalue weighted by molar-refractivity contribution is 5.71. The van der Waals surface area contributed by atoms with Crippen molar-refractivity contribution in [3.63, 3.8) is 0 Å². The van der Waals surface area contributed by atoms with Crippen LogP contribution in [0.3, 0.4) is 0 Å². The first-order valence-corrected chi connectivity index (χ1v) is 6.19. The standard InChI is InChI=1S/C13H21N3O3/c1-10-2-4-12(5-3-10)19-9-11(17)8-15-6-7-16-13(14)18/h2-5,11,15,17H,6-9H2,1H3,(H3,14,16,18). The summed E-state index contributed by atoms with van der Waals surface area (Å²) < 4.78 is 5.44. The van der Waals surface area contributed by atoms with Gasteiger partial charge in [-0.25, -0.2) is 4.79 Å². The number of nitrogens with two attached hydrogens (primary N) is 1. The number of aliphatic hydroxyl groups is 1. The third-order valence-electron chi connectivity index (χ3n) is 2.44. The zero-order valence-electron chi connectivity index (χ0n) is 11.1. The fraction of sp³-hybridized carbons (Fsp3) is 0.462. The normalized spacial score (nSPS) is 11.9. The predicted octanol–water partition coefficient (Wildman–Crippen LogP) is -0.00738. The van der Waals surface area contributed by atoms with Gasteiger partial charge in [-0.3, -0.25) is 0 Å². The fourth-order valence-electron chi connectivity index (χ4n) is 1.43. The summed E-state index contributed by atoms with van der Waals surface area (Å²) in [5, 5.41) is 15.1. The van der Waals surface area contributed by atoms with Crippen LogP contribution in [0.4, 0.5) is 4.79 Å². The van der Waals surface area contributed by atoms with E-state index in [1.54, 1.807) is 0 Å². The number of nitrogens with one attached hydrogen (secondary N) is 2. The fourth-order valence-corrected chi connectivity index (χ4v) is 1.43. The number of urea groups is 1. The number of carbonyl (C=O) groups excluding carboxylic acids is 1. The molecule has 0 radical (unpaired) electrons. The SMILES string of the molecule is Cc1ccc(OCC(O)CNCCNC(N)=O)cc1. The molecule has 106 valence electrons. The van der Waals surface area contributed by atoms with Gasteiger partial charge in [0.2, 0.25) is 0 Å². The van der Waals surface area contributed by atoms with E-state index in [0.717, 1.165) is 11.3 Å². The summed E-state index contributed by atoms with van der Waals surface area (Å²) in [6.07, 6.45) is -0.602. The molecule has 0 aliphatic heterocycles. The maximum absolute atomic E-state index is 10.4. The van der Waals surface area contributed by atoms with E-state index in [-0.39, 0.29) is 6.61 Å². The van der Waals surface area contributed by atoms with Crippen molar-refractivity contribution in [3.8, 4) is 5.75 Å². The van der Waals surface area contributed by atoms with Gasteiger partial charge in [0.15, 0.2) is 0 Å². The molecule has 1 rings (SSSR count). The molecular weight excluding hydrogens is 246 g/mol. The van der Waals surface area contributed by atoms with E-state index in [1.807, 2.05) is 31.2 Å². The Bertz CT molecular complexity index is 381. The molecule has 1 aromatic rings. The molecule has 0 spiro atoms. The van der Waals surface area contributed by atoms with E-state index in [4.69, 9.17) is 10.5 Å². The Morgan fingerprint density at radius 1 is 1.37 bits per heavy atom. The van der Waals surface area contributed by atoms with Gasteiger partial charge in [0.05, 0.1) is 0 Å². The van der Waals surface area contributed by atoms with Gasteiger partial charge in [-0.2, -0.15) is 0 Å². The average molecular weight is 267 g/mol. The quantitative estimate of drug-likeness (QED) is 0.498. The van der Waals surface area contributed by atoms with Gasteiger partial charge in [0.1, 0.15) is 18.5 Å². The Morgan fingerprint density at radius 3 is 2.68 bits per heavy atom. The molecule has 1 aromatic carbocycles. The monoisotopic (exact) mass is 267 g/mol. The van der Waals surface area contributed by atoms with Crippen LogP contribution in [0.25, 0.3) is 0 Å². The number of primary amides is 1. The van der Waals surface area contributed by atoms with Crippen LogP contribution in [-0.4, -0.2) is 43.5 Å². The summed E-state index contributed by atoms with van der Waals surface area (Å²) in [5.74, 6) is 0.736. The number of amides is 2. The third-order valence-corrected chi connectivity index (χ3v) is 2.44. The molecule has 2 amide bonds. The lowest BCUT2D eigenvalue weighted by molar-refractivity contribution is 0.106. The van der Waals surface area contributed by atoms with E-state index in [0.29, 0.717) is 19.6 Å². The van der Waals surface area contributed by atoms with E-state index in [2.05, 4.69) is 10.6 Å². The van der Waals surface area contributed by atoms with Crippen LogP contribution in [-0.2, 0) is 0 Å². The highest BCUT2D eigenvalue weighted by Crippen LogP contribution is 2.11. The predicted molar refractivity (Wildman–Crippen MR) is 73.1 cm³/mol. The molecule has 6 nitrogen and oxygen atoms in total. The van der Waals surface area contributed by atoms with Gasteiger partial charge in [-0.15, -0.1) is 0 Å². The smallest absolute Gasteiger partial charge is 0.312 e. The molecule has 0 aliphatic rings. The van der Waals surface area contributed by atoms with Gasteiger partial charge >= 0.3 is 6.03 Å². The van der Waals surface area contributed by atoms with E-state index >= 15 is 0 Å². The number of hydrogen-bond donors (Lipinski definition) is 4. The summed E-state index contributed by atoms with van der Waals surface area (Å²) >= 11 is 0. The molecule has 1 atom stereocenters. The van der Waals surface area contributed by atoms with Gasteiger partial charge in [-0.05, 0) is 19.1 Å². The average Bonchev–Trinajstić information content (AvgIpc) is 2.37. The molecule has 0 bridgehead atoms. The number of benzene rings is 1. The Labute approximate surface area is 112 Å². The molecule has 0 aliphatic carbocycles. The second kappa shape index (κ2) is 8.34. The van der Waals surface area contributed by atoms with Crippen molar-refractivity contribution in [1.29, 1.82) is 0 Å². The second-order valence-electron chi connectivity index (χ2n) is 4.27. The lowest BCUT2D eigenvalue weighted by atomic mass is 10.2. The topological polar surface area (TPSA) is 96.6 Å². The second-order valence-corrected chi connectivity index (χ2v) is 4.27. The van der Waals surface area contributed by atoms with Crippen molar-refractivity contribution in [1.82, 2.24) is 10.6 Å². The van der Waals surface area contributed by atoms with Crippen LogP contribution in [0.1, 0.15) is 5.56 Å². The number of carbonyl (C=O) groups is 1. The zero-order valence-corrected chi connectivity index (χ0v) is 11.1. The highest BCUT2D eigenvalue weighted by Gasteiger charge is 2.04. The van der Waals surface area contributed by atoms with Crippen molar-refractivity contribution in [2.45, 2.75) is 13.0 Å². The minimum atomic E-state index is -0.602. The summed E-state index contributed by atoms with van der Waals surface area (Å²) in [4.78, 5) is 10.4. The first-order valence-electron chi connectivity index (χ1n) is 6.19. The lowest BCUT2D eigenvalue weighted by Crippen LogP contribution is -2.38. The van der Waals surface area contributed by atoms with E-state index < -0.39 is 12.1 Å². The number of aliphatic hydroxyl groups excluding tert-OH is 1. The van der Waals surface area contributed by atoms with Crippen molar-refractivity contribution in [3.05, 3.63) is 29.8 Å². The maximum atomic E-state index is 10.4. The van der Waals surface area contributed by atoms with Crippen molar-refractivity contribution >= 4 is 6.03 Å². The molecule has 19 heavy (non-hydrogen) atoms.